The Labute approximate surface area is 115 Å². The first-order valence-corrected chi connectivity index (χ1v) is 6.31. The summed E-state index contributed by atoms with van der Waals surface area (Å²) in [5, 5.41) is 11.3. The van der Waals surface area contributed by atoms with Crippen molar-refractivity contribution in [1.82, 2.24) is 0 Å². The molecule has 1 aromatic rings. The zero-order valence-electron chi connectivity index (χ0n) is 11.1. The smallest absolute Gasteiger partial charge is 0.170 e. The van der Waals surface area contributed by atoms with Gasteiger partial charge in [-0.2, -0.15) is 0 Å². The van der Waals surface area contributed by atoms with Gasteiger partial charge in [-0.25, -0.2) is 8.78 Å². The van der Waals surface area contributed by atoms with Crippen LogP contribution in [0.4, 0.5) is 14.5 Å². The van der Waals surface area contributed by atoms with Crippen molar-refractivity contribution in [1.29, 1.82) is 0 Å². The summed E-state index contributed by atoms with van der Waals surface area (Å²) in [5.41, 5.74) is 5.25. The minimum atomic E-state index is -0.733. The summed E-state index contributed by atoms with van der Waals surface area (Å²) >= 11 is 0. The molecule has 110 valence electrons. The molecule has 0 radical (unpaired) electrons. The molecule has 1 atom stereocenters. The Morgan fingerprint density at radius 1 is 1.45 bits per heavy atom. The molecule has 1 aromatic carbocycles. The largest absolute Gasteiger partial charge is 0.409 e. The number of piperidine rings is 1. The van der Waals surface area contributed by atoms with Crippen molar-refractivity contribution in [3.05, 3.63) is 29.3 Å². The summed E-state index contributed by atoms with van der Waals surface area (Å²) in [4.78, 5) is 1.62. The van der Waals surface area contributed by atoms with Crippen LogP contribution >= 0.6 is 0 Å². The van der Waals surface area contributed by atoms with Crippen molar-refractivity contribution in [2.24, 2.45) is 10.9 Å². The van der Waals surface area contributed by atoms with E-state index in [0.29, 0.717) is 13.1 Å². The van der Waals surface area contributed by atoms with Gasteiger partial charge < -0.3 is 20.6 Å². The van der Waals surface area contributed by atoms with Crippen molar-refractivity contribution < 1.29 is 18.7 Å². The predicted molar refractivity (Wildman–Crippen MR) is 71.1 cm³/mol. The van der Waals surface area contributed by atoms with E-state index >= 15 is 0 Å². The predicted octanol–water partition coefficient (Wildman–Crippen LogP) is 1.67. The number of halogens is 2. The summed E-state index contributed by atoms with van der Waals surface area (Å²) in [7, 11) is 1.59. The van der Waals surface area contributed by atoms with Gasteiger partial charge in [0.2, 0.25) is 0 Å². The molecule has 0 aromatic heterocycles. The maximum atomic E-state index is 14.1. The Kier molecular flexibility index (Phi) is 4.39. The molecule has 2 rings (SSSR count). The highest BCUT2D eigenvalue weighted by atomic mass is 19.1. The van der Waals surface area contributed by atoms with Gasteiger partial charge in [-0.15, -0.1) is 0 Å². The molecule has 20 heavy (non-hydrogen) atoms. The number of oxime groups is 1. The molecule has 5 nitrogen and oxygen atoms in total. The van der Waals surface area contributed by atoms with Gasteiger partial charge in [-0.3, -0.25) is 0 Å². The van der Waals surface area contributed by atoms with Crippen LogP contribution in [0, 0.1) is 11.6 Å². The summed E-state index contributed by atoms with van der Waals surface area (Å²) in [6.45, 7) is 1.00. The lowest BCUT2D eigenvalue weighted by molar-refractivity contribution is 0.0890. The first-order chi connectivity index (χ1) is 9.56. The highest BCUT2D eigenvalue weighted by molar-refractivity contribution is 5.97. The number of anilines is 1. The minimum Gasteiger partial charge on any atom is -0.409 e. The average Bonchev–Trinajstić information content (AvgIpc) is 2.45. The standard InChI is InChI=1S/C13H17F2N3O2/c1-20-9-3-2-4-18(7-9)12-10(14)5-8(6-11(12)15)13(16)17-19/h5-6,9,19H,2-4,7H2,1H3,(H2,16,17). The lowest BCUT2D eigenvalue weighted by Gasteiger charge is -2.34. The highest BCUT2D eigenvalue weighted by Gasteiger charge is 2.25. The summed E-state index contributed by atoms with van der Waals surface area (Å²) in [6, 6.07) is 2.12. The molecule has 0 spiro atoms. The van der Waals surface area contributed by atoms with Crippen molar-refractivity contribution in [3.8, 4) is 0 Å². The number of ether oxygens (including phenoxy) is 1. The zero-order valence-corrected chi connectivity index (χ0v) is 11.1. The molecule has 1 unspecified atom stereocenters. The van der Waals surface area contributed by atoms with Crippen LogP contribution in [0.3, 0.4) is 0 Å². The Morgan fingerprint density at radius 3 is 2.65 bits per heavy atom. The quantitative estimate of drug-likeness (QED) is 0.383. The normalized spacial score (nSPS) is 20.2. The zero-order chi connectivity index (χ0) is 14.7. The monoisotopic (exact) mass is 285 g/mol. The second kappa shape index (κ2) is 6.04. The van der Waals surface area contributed by atoms with Crippen LogP contribution in [0.15, 0.2) is 17.3 Å². The molecular weight excluding hydrogens is 268 g/mol. The topological polar surface area (TPSA) is 71.1 Å². The number of rotatable bonds is 3. The number of amidine groups is 1. The molecule has 0 bridgehead atoms. The van der Waals surface area contributed by atoms with Crippen molar-refractivity contribution in [2.75, 3.05) is 25.1 Å². The number of hydrogen-bond donors (Lipinski definition) is 2. The summed E-state index contributed by atoms with van der Waals surface area (Å²) in [6.07, 6.45) is 1.64. The van der Waals surface area contributed by atoms with Crippen LogP contribution in [-0.4, -0.2) is 37.3 Å². The maximum absolute atomic E-state index is 14.1. The lowest BCUT2D eigenvalue weighted by atomic mass is 10.1. The van der Waals surface area contributed by atoms with Gasteiger partial charge in [0, 0.05) is 25.8 Å². The van der Waals surface area contributed by atoms with E-state index in [9.17, 15) is 8.78 Å². The van der Waals surface area contributed by atoms with Crippen molar-refractivity contribution >= 4 is 11.5 Å². The fraction of sp³-hybridized carbons (Fsp3) is 0.462. The van der Waals surface area contributed by atoms with Crippen LogP contribution < -0.4 is 10.6 Å². The second-order valence-electron chi connectivity index (χ2n) is 4.72. The average molecular weight is 285 g/mol. The van der Waals surface area contributed by atoms with E-state index in [1.807, 2.05) is 0 Å². The number of hydrogen-bond acceptors (Lipinski definition) is 4. The molecule has 0 amide bonds. The maximum Gasteiger partial charge on any atom is 0.170 e. The van der Waals surface area contributed by atoms with Gasteiger partial charge in [0.15, 0.2) is 5.84 Å². The van der Waals surface area contributed by atoms with Gasteiger partial charge in [-0.05, 0) is 25.0 Å². The van der Waals surface area contributed by atoms with Crippen LogP contribution in [0.1, 0.15) is 18.4 Å². The Balaban J connectivity index is 2.33. The van der Waals surface area contributed by atoms with Gasteiger partial charge in [0.25, 0.3) is 0 Å². The van der Waals surface area contributed by atoms with Crippen molar-refractivity contribution in [2.45, 2.75) is 18.9 Å². The first-order valence-electron chi connectivity index (χ1n) is 6.31. The van der Waals surface area contributed by atoms with Gasteiger partial charge in [0.1, 0.15) is 17.3 Å². The number of methoxy groups -OCH3 is 1. The third-order valence-corrected chi connectivity index (χ3v) is 3.45. The molecule has 3 N–H and O–H groups in total. The van der Waals surface area contributed by atoms with E-state index in [-0.39, 0.29) is 23.2 Å². The molecular formula is C13H17F2N3O2. The molecule has 7 heteroatoms. The van der Waals surface area contributed by atoms with Crippen LogP contribution in [0.5, 0.6) is 0 Å². The van der Waals surface area contributed by atoms with E-state index in [0.717, 1.165) is 25.0 Å². The van der Waals surface area contributed by atoms with E-state index in [1.165, 1.54) is 0 Å². The van der Waals surface area contributed by atoms with Gasteiger partial charge in [-0.1, -0.05) is 5.16 Å². The lowest BCUT2D eigenvalue weighted by Crippen LogP contribution is -2.40. The van der Waals surface area contributed by atoms with E-state index < -0.39 is 11.6 Å². The second-order valence-corrected chi connectivity index (χ2v) is 4.72. The molecule has 0 aliphatic carbocycles. The van der Waals surface area contributed by atoms with Gasteiger partial charge >= 0.3 is 0 Å². The highest BCUT2D eigenvalue weighted by Crippen LogP contribution is 2.28. The van der Waals surface area contributed by atoms with E-state index in [2.05, 4.69) is 5.16 Å². The number of nitrogens with zero attached hydrogens (tertiary/aromatic N) is 2. The third kappa shape index (κ3) is 2.82. The van der Waals surface area contributed by atoms with Crippen molar-refractivity contribution in [3.63, 3.8) is 0 Å². The van der Waals surface area contributed by atoms with Crippen LogP contribution in [0.25, 0.3) is 0 Å². The summed E-state index contributed by atoms with van der Waals surface area (Å²) < 4.78 is 33.5. The molecule has 1 fully saturated rings. The molecule has 1 saturated heterocycles. The van der Waals surface area contributed by atoms with E-state index in [1.54, 1.807) is 12.0 Å². The Morgan fingerprint density at radius 2 is 2.10 bits per heavy atom. The molecule has 1 aliphatic heterocycles. The fourth-order valence-electron chi connectivity index (χ4n) is 2.41. The van der Waals surface area contributed by atoms with E-state index in [4.69, 9.17) is 15.7 Å². The third-order valence-electron chi connectivity index (χ3n) is 3.45. The number of nitrogens with two attached hydrogens (primary N) is 1. The molecule has 1 aliphatic rings. The summed E-state index contributed by atoms with van der Waals surface area (Å²) in [5.74, 6) is -1.80. The minimum absolute atomic E-state index is 0.00607. The first kappa shape index (κ1) is 14.5. The molecule has 0 saturated carbocycles. The SMILES string of the molecule is COC1CCCN(c2c(F)cc(C(N)=NO)cc2F)C1. The number of benzene rings is 1. The Bertz CT molecular complexity index is 499. The molecule has 1 heterocycles. The fourth-order valence-corrected chi connectivity index (χ4v) is 2.41. The Hall–Kier alpha value is -1.89. The van der Waals surface area contributed by atoms with Gasteiger partial charge in [0.05, 0.1) is 6.10 Å². The van der Waals surface area contributed by atoms with Crippen LogP contribution in [-0.2, 0) is 4.74 Å². The van der Waals surface area contributed by atoms with Crippen LogP contribution in [0.2, 0.25) is 0 Å².